The van der Waals surface area contributed by atoms with Gasteiger partial charge < -0.3 is 11.1 Å². The third-order valence-corrected chi connectivity index (χ3v) is 3.15. The van der Waals surface area contributed by atoms with E-state index < -0.39 is 0 Å². The molecule has 0 aliphatic heterocycles. The van der Waals surface area contributed by atoms with Crippen LogP contribution in [0.5, 0.6) is 0 Å². The molecule has 0 fully saturated rings. The summed E-state index contributed by atoms with van der Waals surface area (Å²) in [6.45, 7) is 4.83. The van der Waals surface area contributed by atoms with Crippen LogP contribution in [0.15, 0.2) is 48.5 Å². The highest BCUT2D eigenvalue weighted by molar-refractivity contribution is 5.46. The summed E-state index contributed by atoms with van der Waals surface area (Å²) < 4.78 is 0. The van der Waals surface area contributed by atoms with E-state index in [9.17, 15) is 0 Å². The van der Waals surface area contributed by atoms with Gasteiger partial charge in [0.2, 0.25) is 0 Å². The third kappa shape index (κ3) is 2.90. The van der Waals surface area contributed by atoms with Crippen molar-refractivity contribution in [2.45, 2.75) is 19.9 Å². The van der Waals surface area contributed by atoms with Crippen LogP contribution in [0.3, 0.4) is 0 Å². The fourth-order valence-electron chi connectivity index (χ4n) is 2.22. The number of hydrogen-bond acceptors (Lipinski definition) is 2. The number of nitrogens with one attached hydrogen (secondary N) is 1. The standard InChI is InChI=1S/C16H20N2/c1-12-8-9-15(13(2)10-12)16(11-17)18-14-6-4-3-5-7-14/h3-10,16,18H,11,17H2,1-2H3. The largest absolute Gasteiger partial charge is 0.377 e. The molecule has 0 saturated carbocycles. The molecule has 1 atom stereocenters. The molecular weight excluding hydrogens is 220 g/mol. The van der Waals surface area contributed by atoms with E-state index in [0.717, 1.165) is 5.69 Å². The topological polar surface area (TPSA) is 38.0 Å². The van der Waals surface area contributed by atoms with Crippen LogP contribution >= 0.6 is 0 Å². The zero-order chi connectivity index (χ0) is 13.0. The molecule has 18 heavy (non-hydrogen) atoms. The first-order chi connectivity index (χ1) is 8.70. The zero-order valence-electron chi connectivity index (χ0n) is 11.0. The van der Waals surface area contributed by atoms with Crippen LogP contribution in [-0.2, 0) is 0 Å². The highest BCUT2D eigenvalue weighted by atomic mass is 14.9. The van der Waals surface area contributed by atoms with Crippen LogP contribution in [0.25, 0.3) is 0 Å². The van der Waals surface area contributed by atoms with E-state index in [0.29, 0.717) is 6.54 Å². The molecule has 2 aromatic rings. The monoisotopic (exact) mass is 240 g/mol. The fourth-order valence-corrected chi connectivity index (χ4v) is 2.22. The number of nitrogens with two attached hydrogens (primary N) is 1. The minimum absolute atomic E-state index is 0.160. The molecule has 2 rings (SSSR count). The first kappa shape index (κ1) is 12.7. The van der Waals surface area contributed by atoms with Crippen LogP contribution < -0.4 is 11.1 Å². The van der Waals surface area contributed by atoms with Crippen LogP contribution in [0, 0.1) is 13.8 Å². The Bertz CT molecular complexity index is 506. The lowest BCUT2D eigenvalue weighted by atomic mass is 9.99. The Labute approximate surface area is 109 Å². The summed E-state index contributed by atoms with van der Waals surface area (Å²) in [7, 11) is 0. The van der Waals surface area contributed by atoms with Crippen LogP contribution in [-0.4, -0.2) is 6.54 Å². The Kier molecular flexibility index (Phi) is 4.00. The van der Waals surface area contributed by atoms with Gasteiger partial charge in [-0.25, -0.2) is 0 Å². The molecule has 0 bridgehead atoms. The van der Waals surface area contributed by atoms with Gasteiger partial charge in [0, 0.05) is 12.2 Å². The van der Waals surface area contributed by atoms with Crippen molar-refractivity contribution in [1.82, 2.24) is 0 Å². The van der Waals surface area contributed by atoms with Crippen molar-refractivity contribution in [2.24, 2.45) is 5.73 Å². The smallest absolute Gasteiger partial charge is 0.0638 e. The lowest BCUT2D eigenvalue weighted by molar-refractivity contribution is 0.783. The summed E-state index contributed by atoms with van der Waals surface area (Å²) >= 11 is 0. The molecule has 94 valence electrons. The van der Waals surface area contributed by atoms with Crippen molar-refractivity contribution in [3.63, 3.8) is 0 Å². The maximum atomic E-state index is 5.90. The number of anilines is 1. The van der Waals surface area contributed by atoms with Crippen molar-refractivity contribution in [3.05, 3.63) is 65.2 Å². The second-order valence-electron chi connectivity index (χ2n) is 4.66. The Morgan fingerprint density at radius 3 is 2.39 bits per heavy atom. The maximum Gasteiger partial charge on any atom is 0.0638 e. The van der Waals surface area contributed by atoms with Crippen molar-refractivity contribution in [2.75, 3.05) is 11.9 Å². The first-order valence-corrected chi connectivity index (χ1v) is 6.29. The minimum atomic E-state index is 0.160. The number of hydrogen-bond donors (Lipinski definition) is 2. The van der Waals surface area contributed by atoms with Crippen LogP contribution in [0.4, 0.5) is 5.69 Å². The fraction of sp³-hybridized carbons (Fsp3) is 0.250. The minimum Gasteiger partial charge on any atom is -0.377 e. The van der Waals surface area contributed by atoms with Crippen molar-refractivity contribution < 1.29 is 0 Å². The number of aryl methyl sites for hydroxylation is 2. The molecule has 0 heterocycles. The summed E-state index contributed by atoms with van der Waals surface area (Å²) in [5.41, 5.74) is 10.8. The summed E-state index contributed by atoms with van der Waals surface area (Å²) in [5.74, 6) is 0. The first-order valence-electron chi connectivity index (χ1n) is 6.29. The molecule has 0 spiro atoms. The maximum absolute atomic E-state index is 5.90. The molecule has 0 aliphatic carbocycles. The molecule has 1 unspecified atom stereocenters. The van der Waals surface area contributed by atoms with E-state index in [1.165, 1.54) is 16.7 Å². The lowest BCUT2D eigenvalue weighted by Crippen LogP contribution is -2.21. The quantitative estimate of drug-likeness (QED) is 0.859. The van der Waals surface area contributed by atoms with Gasteiger partial charge in [0.05, 0.1) is 6.04 Å². The van der Waals surface area contributed by atoms with Crippen LogP contribution in [0.1, 0.15) is 22.7 Å². The highest BCUT2D eigenvalue weighted by Gasteiger charge is 2.11. The van der Waals surface area contributed by atoms with Crippen molar-refractivity contribution >= 4 is 5.69 Å². The van der Waals surface area contributed by atoms with Gasteiger partial charge in [-0.05, 0) is 37.1 Å². The van der Waals surface area contributed by atoms with Gasteiger partial charge in [0.15, 0.2) is 0 Å². The predicted octanol–water partition coefficient (Wildman–Crippen LogP) is 3.42. The molecule has 0 aromatic heterocycles. The van der Waals surface area contributed by atoms with Crippen molar-refractivity contribution in [3.8, 4) is 0 Å². The summed E-state index contributed by atoms with van der Waals surface area (Å²) in [6, 6.07) is 16.8. The van der Waals surface area contributed by atoms with E-state index in [1.54, 1.807) is 0 Å². The van der Waals surface area contributed by atoms with E-state index in [-0.39, 0.29) is 6.04 Å². The summed E-state index contributed by atoms with van der Waals surface area (Å²) in [6.07, 6.45) is 0. The van der Waals surface area contributed by atoms with Gasteiger partial charge in [-0.3, -0.25) is 0 Å². The average Bonchev–Trinajstić information content (AvgIpc) is 2.38. The lowest BCUT2D eigenvalue weighted by Gasteiger charge is -2.21. The van der Waals surface area contributed by atoms with E-state index >= 15 is 0 Å². The molecular formula is C16H20N2. The number of para-hydroxylation sites is 1. The Hall–Kier alpha value is -1.80. The second kappa shape index (κ2) is 5.69. The highest BCUT2D eigenvalue weighted by Crippen LogP contribution is 2.22. The van der Waals surface area contributed by atoms with E-state index in [1.807, 2.05) is 18.2 Å². The van der Waals surface area contributed by atoms with Crippen molar-refractivity contribution in [1.29, 1.82) is 0 Å². The predicted molar refractivity (Wildman–Crippen MR) is 77.8 cm³/mol. The van der Waals surface area contributed by atoms with Gasteiger partial charge in [-0.2, -0.15) is 0 Å². The molecule has 3 N–H and O–H groups in total. The van der Waals surface area contributed by atoms with Gasteiger partial charge in [0.1, 0.15) is 0 Å². The van der Waals surface area contributed by atoms with E-state index in [2.05, 4.69) is 49.5 Å². The molecule has 2 heteroatoms. The second-order valence-corrected chi connectivity index (χ2v) is 4.66. The van der Waals surface area contributed by atoms with Gasteiger partial charge in [0.25, 0.3) is 0 Å². The Morgan fingerprint density at radius 2 is 1.78 bits per heavy atom. The summed E-state index contributed by atoms with van der Waals surface area (Å²) in [5, 5.41) is 3.48. The van der Waals surface area contributed by atoms with Gasteiger partial charge >= 0.3 is 0 Å². The molecule has 2 nitrogen and oxygen atoms in total. The Morgan fingerprint density at radius 1 is 1.06 bits per heavy atom. The van der Waals surface area contributed by atoms with Gasteiger partial charge in [-0.15, -0.1) is 0 Å². The third-order valence-electron chi connectivity index (χ3n) is 3.15. The molecule has 2 aromatic carbocycles. The normalized spacial score (nSPS) is 12.2. The molecule has 0 amide bonds. The van der Waals surface area contributed by atoms with Gasteiger partial charge in [-0.1, -0.05) is 42.0 Å². The molecule has 0 radical (unpaired) electrons. The zero-order valence-corrected chi connectivity index (χ0v) is 11.0. The SMILES string of the molecule is Cc1ccc(C(CN)Nc2ccccc2)c(C)c1. The van der Waals surface area contributed by atoms with E-state index in [4.69, 9.17) is 5.73 Å². The molecule has 0 saturated heterocycles. The Balaban J connectivity index is 2.23. The van der Waals surface area contributed by atoms with Crippen LogP contribution in [0.2, 0.25) is 0 Å². The summed E-state index contributed by atoms with van der Waals surface area (Å²) in [4.78, 5) is 0. The number of rotatable bonds is 4. The number of benzene rings is 2. The molecule has 0 aliphatic rings. The average molecular weight is 240 g/mol.